The molecule has 2 aromatic rings. The number of halogens is 3. The van der Waals surface area contributed by atoms with Gasteiger partial charge in [-0.25, -0.2) is 13.2 Å². The number of hydrogen-bond donors (Lipinski definition) is 1. The zero-order valence-electron chi connectivity index (χ0n) is 16.6. The molecule has 1 aliphatic carbocycles. The van der Waals surface area contributed by atoms with Crippen LogP contribution in [-0.4, -0.2) is 29.1 Å². The molecule has 1 heterocycles. The molecule has 5 heteroatoms. The van der Waals surface area contributed by atoms with Crippen LogP contribution in [-0.2, 0) is 12.0 Å². The summed E-state index contributed by atoms with van der Waals surface area (Å²) in [6.45, 7) is 1.92. The van der Waals surface area contributed by atoms with Crippen molar-refractivity contribution < 1.29 is 18.3 Å². The second-order valence-electron chi connectivity index (χ2n) is 8.69. The maximum absolute atomic E-state index is 13.9. The maximum atomic E-state index is 13.9. The fraction of sp³-hybridized carbons (Fsp3) is 0.500. The quantitative estimate of drug-likeness (QED) is 0.760. The topological polar surface area (TPSA) is 23.5 Å². The van der Waals surface area contributed by atoms with Crippen molar-refractivity contribution in [2.45, 2.75) is 56.6 Å². The summed E-state index contributed by atoms with van der Waals surface area (Å²) in [5, 5.41) is 11.0. The average molecular weight is 403 g/mol. The van der Waals surface area contributed by atoms with Gasteiger partial charge >= 0.3 is 0 Å². The van der Waals surface area contributed by atoms with Crippen molar-refractivity contribution >= 4 is 0 Å². The molecule has 0 aromatic heterocycles. The predicted molar refractivity (Wildman–Crippen MR) is 107 cm³/mol. The monoisotopic (exact) mass is 403 g/mol. The summed E-state index contributed by atoms with van der Waals surface area (Å²) >= 11 is 0. The third-order valence-corrected chi connectivity index (χ3v) is 6.85. The summed E-state index contributed by atoms with van der Waals surface area (Å²) in [5.74, 6) is -0.606. The van der Waals surface area contributed by atoms with E-state index in [4.69, 9.17) is 0 Å². The summed E-state index contributed by atoms with van der Waals surface area (Å²) < 4.78 is 40.5. The van der Waals surface area contributed by atoms with Crippen LogP contribution in [0.3, 0.4) is 0 Å². The molecule has 4 rings (SSSR count). The van der Waals surface area contributed by atoms with Crippen LogP contribution >= 0.6 is 0 Å². The molecule has 0 unspecified atom stereocenters. The number of rotatable bonds is 4. The van der Waals surface area contributed by atoms with E-state index in [1.54, 1.807) is 12.1 Å². The predicted octanol–water partition coefficient (Wildman–Crippen LogP) is 5.19. The highest BCUT2D eigenvalue weighted by molar-refractivity contribution is 5.24. The Bertz CT molecular complexity index is 823. The summed E-state index contributed by atoms with van der Waals surface area (Å²) in [4.78, 5) is 2.49. The van der Waals surface area contributed by atoms with Gasteiger partial charge in [-0.15, -0.1) is 0 Å². The maximum Gasteiger partial charge on any atom is 0.126 e. The third-order valence-electron chi connectivity index (χ3n) is 6.85. The normalized spacial score (nSPS) is 26.6. The fourth-order valence-electron chi connectivity index (χ4n) is 5.03. The zero-order chi connectivity index (χ0) is 20.4. The number of benzene rings is 2. The highest BCUT2D eigenvalue weighted by Crippen LogP contribution is 2.39. The first-order valence-corrected chi connectivity index (χ1v) is 10.6. The molecule has 1 N–H and O–H groups in total. The van der Waals surface area contributed by atoms with Gasteiger partial charge in [0.1, 0.15) is 17.5 Å². The SMILES string of the molecule is OC1(c2ccc(F)cc2)CCC(N2CCC(Cc3cc(F)ccc3F)CC2)CC1. The number of piperidine rings is 1. The van der Waals surface area contributed by atoms with E-state index in [1.807, 2.05) is 0 Å². The molecule has 1 saturated carbocycles. The van der Waals surface area contributed by atoms with Gasteiger partial charge in [0.2, 0.25) is 0 Å². The number of nitrogens with zero attached hydrogens (tertiary/aromatic N) is 1. The van der Waals surface area contributed by atoms with Gasteiger partial charge < -0.3 is 10.0 Å². The molecule has 2 aromatic carbocycles. The Balaban J connectivity index is 1.29. The minimum Gasteiger partial charge on any atom is -0.385 e. The van der Waals surface area contributed by atoms with E-state index >= 15 is 0 Å². The molecule has 2 aliphatic rings. The highest BCUT2D eigenvalue weighted by Gasteiger charge is 2.37. The van der Waals surface area contributed by atoms with Gasteiger partial charge in [-0.1, -0.05) is 12.1 Å². The van der Waals surface area contributed by atoms with E-state index in [9.17, 15) is 18.3 Å². The highest BCUT2D eigenvalue weighted by atomic mass is 19.1. The average Bonchev–Trinajstić information content (AvgIpc) is 2.72. The molecule has 2 nitrogen and oxygen atoms in total. The van der Waals surface area contributed by atoms with E-state index in [1.165, 1.54) is 24.3 Å². The van der Waals surface area contributed by atoms with Crippen LogP contribution in [0, 0.1) is 23.4 Å². The van der Waals surface area contributed by atoms with Crippen molar-refractivity contribution in [3.63, 3.8) is 0 Å². The molecular weight excluding hydrogens is 375 g/mol. The standard InChI is InChI=1S/C24H28F3NO/c25-20-3-1-19(2-4-20)24(29)11-7-22(8-12-24)28-13-9-17(10-14-28)15-18-16-21(26)5-6-23(18)27/h1-6,16-17,22,29H,7-15H2. The minimum absolute atomic E-state index is 0.285. The second-order valence-corrected chi connectivity index (χ2v) is 8.69. The lowest BCUT2D eigenvalue weighted by molar-refractivity contribution is -0.0295. The van der Waals surface area contributed by atoms with E-state index in [0.29, 0.717) is 36.8 Å². The number of likely N-dealkylation sites (tertiary alicyclic amines) is 1. The van der Waals surface area contributed by atoms with Gasteiger partial charge in [-0.3, -0.25) is 0 Å². The molecule has 0 amide bonds. The summed E-state index contributed by atoms with van der Waals surface area (Å²) in [7, 11) is 0. The van der Waals surface area contributed by atoms with Gasteiger partial charge in [0.15, 0.2) is 0 Å². The second kappa shape index (κ2) is 8.49. The Hall–Kier alpha value is -1.85. The van der Waals surface area contributed by atoms with Crippen LogP contribution in [0.5, 0.6) is 0 Å². The molecule has 2 fully saturated rings. The Morgan fingerprint density at radius 1 is 0.862 bits per heavy atom. The van der Waals surface area contributed by atoms with E-state index in [0.717, 1.165) is 50.4 Å². The molecule has 0 bridgehead atoms. The van der Waals surface area contributed by atoms with Crippen LogP contribution < -0.4 is 0 Å². The summed E-state index contributed by atoms with van der Waals surface area (Å²) in [6, 6.07) is 10.3. The van der Waals surface area contributed by atoms with Crippen LogP contribution in [0.15, 0.2) is 42.5 Å². The van der Waals surface area contributed by atoms with Crippen LogP contribution in [0.25, 0.3) is 0 Å². The van der Waals surface area contributed by atoms with Gasteiger partial charge in [0.25, 0.3) is 0 Å². The van der Waals surface area contributed by atoms with Crippen LogP contribution in [0.1, 0.15) is 49.7 Å². The summed E-state index contributed by atoms with van der Waals surface area (Å²) in [5.41, 5.74) is 0.413. The van der Waals surface area contributed by atoms with Gasteiger partial charge in [-0.2, -0.15) is 0 Å². The molecule has 0 atom stereocenters. The van der Waals surface area contributed by atoms with Gasteiger partial charge in [0.05, 0.1) is 5.60 Å². The lowest BCUT2D eigenvalue weighted by Gasteiger charge is -2.43. The Morgan fingerprint density at radius 3 is 2.14 bits per heavy atom. The van der Waals surface area contributed by atoms with Crippen molar-refractivity contribution in [3.8, 4) is 0 Å². The third kappa shape index (κ3) is 4.67. The van der Waals surface area contributed by atoms with E-state index in [2.05, 4.69) is 4.90 Å². The number of hydrogen-bond acceptors (Lipinski definition) is 2. The molecule has 1 aliphatic heterocycles. The van der Waals surface area contributed by atoms with Crippen molar-refractivity contribution in [2.75, 3.05) is 13.1 Å². The molecule has 156 valence electrons. The van der Waals surface area contributed by atoms with E-state index < -0.39 is 5.60 Å². The summed E-state index contributed by atoms with van der Waals surface area (Å²) in [6.07, 6.45) is 5.74. The first-order valence-electron chi connectivity index (χ1n) is 10.6. The van der Waals surface area contributed by atoms with Gasteiger partial charge in [0, 0.05) is 6.04 Å². The molecule has 0 spiro atoms. The van der Waals surface area contributed by atoms with Crippen molar-refractivity contribution in [3.05, 3.63) is 71.0 Å². The lowest BCUT2D eigenvalue weighted by Crippen LogP contribution is -2.46. The van der Waals surface area contributed by atoms with Crippen molar-refractivity contribution in [1.82, 2.24) is 4.90 Å². The van der Waals surface area contributed by atoms with E-state index in [-0.39, 0.29) is 17.5 Å². The van der Waals surface area contributed by atoms with Crippen molar-refractivity contribution in [1.29, 1.82) is 0 Å². The first-order chi connectivity index (χ1) is 13.9. The molecular formula is C24H28F3NO. The van der Waals surface area contributed by atoms with Crippen molar-refractivity contribution in [2.24, 2.45) is 5.92 Å². The lowest BCUT2D eigenvalue weighted by atomic mass is 9.76. The fourth-order valence-corrected chi connectivity index (χ4v) is 5.03. The number of aliphatic hydroxyl groups is 1. The van der Waals surface area contributed by atoms with Crippen LogP contribution in [0.4, 0.5) is 13.2 Å². The Kier molecular flexibility index (Phi) is 5.98. The Morgan fingerprint density at radius 2 is 1.48 bits per heavy atom. The zero-order valence-corrected chi connectivity index (χ0v) is 16.6. The molecule has 1 saturated heterocycles. The first kappa shape index (κ1) is 20.4. The molecule has 29 heavy (non-hydrogen) atoms. The minimum atomic E-state index is -0.864. The Labute approximate surface area is 170 Å². The smallest absolute Gasteiger partial charge is 0.126 e. The largest absolute Gasteiger partial charge is 0.385 e. The van der Waals surface area contributed by atoms with Gasteiger partial charge in [-0.05, 0) is 105 Å². The van der Waals surface area contributed by atoms with Crippen LogP contribution in [0.2, 0.25) is 0 Å². The molecule has 0 radical (unpaired) electrons.